The molecule has 0 aromatic carbocycles. The molecule has 1 aromatic heterocycles. The molecule has 4 heteroatoms. The third kappa shape index (κ3) is 4.86. The Morgan fingerprint density at radius 3 is 3.05 bits per heavy atom. The highest BCUT2D eigenvalue weighted by Gasteiger charge is 2.19. The number of piperidine rings is 1. The van der Waals surface area contributed by atoms with Gasteiger partial charge in [0.05, 0.1) is 11.2 Å². The second-order valence-corrected chi connectivity index (χ2v) is 6.92. The molecule has 2 heterocycles. The molecule has 1 aliphatic heterocycles. The molecule has 1 N–H and O–H groups in total. The van der Waals surface area contributed by atoms with E-state index in [-0.39, 0.29) is 0 Å². The summed E-state index contributed by atoms with van der Waals surface area (Å²) >= 11 is 1.80. The van der Waals surface area contributed by atoms with Crippen LogP contribution in [0.3, 0.4) is 0 Å². The fourth-order valence-electron chi connectivity index (χ4n) is 2.75. The number of aromatic nitrogens is 1. The third-order valence-electron chi connectivity index (χ3n) is 3.92. The Morgan fingerprint density at radius 2 is 2.37 bits per heavy atom. The highest BCUT2D eigenvalue weighted by atomic mass is 32.1. The summed E-state index contributed by atoms with van der Waals surface area (Å²) in [4.78, 5) is 8.43. The van der Waals surface area contributed by atoms with Crippen LogP contribution < -0.4 is 5.32 Å². The van der Waals surface area contributed by atoms with Crippen molar-refractivity contribution in [3.8, 4) is 0 Å². The molecule has 0 aliphatic carbocycles. The maximum atomic E-state index is 4.33. The molecule has 1 aliphatic rings. The van der Waals surface area contributed by atoms with Crippen molar-refractivity contribution in [2.75, 3.05) is 26.2 Å². The zero-order chi connectivity index (χ0) is 13.7. The molecule has 3 nitrogen and oxygen atoms in total. The molecule has 0 amide bonds. The van der Waals surface area contributed by atoms with Gasteiger partial charge in [-0.3, -0.25) is 0 Å². The fraction of sp³-hybridized carbons (Fsp3) is 0.800. The predicted molar refractivity (Wildman–Crippen MR) is 82.9 cm³/mol. The molecule has 1 saturated heterocycles. The van der Waals surface area contributed by atoms with Crippen molar-refractivity contribution in [3.63, 3.8) is 0 Å². The summed E-state index contributed by atoms with van der Waals surface area (Å²) in [5.41, 5.74) is 3.19. The first-order valence-corrected chi connectivity index (χ1v) is 8.38. The summed E-state index contributed by atoms with van der Waals surface area (Å²) in [6, 6.07) is 0.607. The molecule has 0 radical (unpaired) electrons. The number of nitrogens with one attached hydrogen (secondary N) is 1. The second-order valence-electron chi connectivity index (χ2n) is 5.98. The number of hydrogen-bond acceptors (Lipinski definition) is 4. The van der Waals surface area contributed by atoms with Gasteiger partial charge in [-0.15, -0.1) is 11.3 Å². The minimum absolute atomic E-state index is 0.607. The van der Waals surface area contributed by atoms with Gasteiger partial charge in [-0.05, 0) is 45.2 Å². The zero-order valence-electron chi connectivity index (χ0n) is 12.5. The average Bonchev–Trinajstić information content (AvgIpc) is 2.80. The van der Waals surface area contributed by atoms with Crippen molar-refractivity contribution in [2.45, 2.75) is 46.1 Å². The van der Waals surface area contributed by atoms with E-state index in [1.54, 1.807) is 11.3 Å². The maximum Gasteiger partial charge on any atom is 0.0797 e. The molecule has 19 heavy (non-hydrogen) atoms. The summed E-state index contributed by atoms with van der Waals surface area (Å²) in [5.74, 6) is 0.832. The van der Waals surface area contributed by atoms with Crippen molar-refractivity contribution in [1.82, 2.24) is 15.2 Å². The molecule has 1 unspecified atom stereocenters. The van der Waals surface area contributed by atoms with Crippen molar-refractivity contribution in [3.05, 3.63) is 16.1 Å². The molecule has 1 fully saturated rings. The predicted octanol–water partition coefficient (Wildman–Crippen LogP) is 2.70. The van der Waals surface area contributed by atoms with Crippen LogP contribution in [0.5, 0.6) is 0 Å². The van der Waals surface area contributed by atoms with Gasteiger partial charge in [-0.1, -0.05) is 13.8 Å². The number of hydrogen-bond donors (Lipinski definition) is 1. The topological polar surface area (TPSA) is 28.2 Å². The largest absolute Gasteiger partial charge is 0.314 e. The van der Waals surface area contributed by atoms with Crippen LogP contribution >= 0.6 is 11.3 Å². The van der Waals surface area contributed by atoms with Crippen LogP contribution in [0.2, 0.25) is 0 Å². The van der Waals surface area contributed by atoms with Crippen molar-refractivity contribution >= 4 is 11.3 Å². The second kappa shape index (κ2) is 7.36. The fourth-order valence-corrected chi connectivity index (χ4v) is 3.52. The van der Waals surface area contributed by atoms with E-state index in [4.69, 9.17) is 0 Å². The number of rotatable bonds is 6. The van der Waals surface area contributed by atoms with Gasteiger partial charge in [0.2, 0.25) is 0 Å². The van der Waals surface area contributed by atoms with E-state index in [2.05, 4.69) is 36.0 Å². The number of likely N-dealkylation sites (tertiary alicyclic amines) is 1. The first kappa shape index (κ1) is 14.9. The lowest BCUT2D eigenvalue weighted by Crippen LogP contribution is -2.41. The molecule has 0 saturated carbocycles. The van der Waals surface area contributed by atoms with Crippen molar-refractivity contribution in [2.24, 2.45) is 5.92 Å². The lowest BCUT2D eigenvalue weighted by molar-refractivity contribution is 0.173. The summed E-state index contributed by atoms with van der Waals surface area (Å²) in [6.45, 7) is 11.5. The Bertz CT molecular complexity index is 375. The van der Waals surface area contributed by atoms with Crippen molar-refractivity contribution in [1.29, 1.82) is 0 Å². The van der Waals surface area contributed by atoms with Crippen LogP contribution in [0, 0.1) is 12.8 Å². The Balaban J connectivity index is 1.73. The van der Waals surface area contributed by atoms with E-state index in [1.807, 2.05) is 5.51 Å². The minimum atomic E-state index is 0.607. The van der Waals surface area contributed by atoms with Gasteiger partial charge >= 0.3 is 0 Å². The molecule has 0 spiro atoms. The molecule has 2 rings (SSSR count). The maximum absolute atomic E-state index is 4.33. The first-order valence-electron chi connectivity index (χ1n) is 7.50. The molecule has 1 atom stereocenters. The Kier molecular flexibility index (Phi) is 5.79. The van der Waals surface area contributed by atoms with E-state index >= 15 is 0 Å². The van der Waals surface area contributed by atoms with Gasteiger partial charge in [0.25, 0.3) is 0 Å². The van der Waals surface area contributed by atoms with Crippen LogP contribution in [0.1, 0.15) is 37.3 Å². The Hall–Kier alpha value is -0.450. The van der Waals surface area contributed by atoms with Gasteiger partial charge in [-0.2, -0.15) is 0 Å². The summed E-state index contributed by atoms with van der Waals surface area (Å²) in [5, 5.41) is 3.58. The summed E-state index contributed by atoms with van der Waals surface area (Å²) in [6.07, 6.45) is 3.91. The molecule has 0 bridgehead atoms. The van der Waals surface area contributed by atoms with Crippen LogP contribution in [0.15, 0.2) is 5.51 Å². The summed E-state index contributed by atoms with van der Waals surface area (Å²) < 4.78 is 0. The van der Waals surface area contributed by atoms with Crippen LogP contribution in [0.4, 0.5) is 0 Å². The van der Waals surface area contributed by atoms with Gasteiger partial charge in [0, 0.05) is 24.0 Å². The van der Waals surface area contributed by atoms with E-state index in [0.29, 0.717) is 6.04 Å². The average molecular weight is 281 g/mol. The van der Waals surface area contributed by atoms with E-state index in [9.17, 15) is 0 Å². The van der Waals surface area contributed by atoms with Crippen LogP contribution in [0.25, 0.3) is 0 Å². The minimum Gasteiger partial charge on any atom is -0.314 e. The highest BCUT2D eigenvalue weighted by Crippen LogP contribution is 2.18. The number of nitrogens with zero attached hydrogens (tertiary/aromatic N) is 2. The quantitative estimate of drug-likeness (QED) is 0.869. The van der Waals surface area contributed by atoms with Crippen molar-refractivity contribution < 1.29 is 0 Å². The molecular weight excluding hydrogens is 254 g/mol. The highest BCUT2D eigenvalue weighted by molar-refractivity contribution is 7.09. The van der Waals surface area contributed by atoms with E-state index in [0.717, 1.165) is 5.92 Å². The van der Waals surface area contributed by atoms with E-state index in [1.165, 1.54) is 56.0 Å². The van der Waals surface area contributed by atoms with Gasteiger partial charge in [0.1, 0.15) is 0 Å². The zero-order valence-corrected chi connectivity index (χ0v) is 13.3. The summed E-state index contributed by atoms with van der Waals surface area (Å²) in [7, 11) is 0. The Morgan fingerprint density at radius 1 is 1.53 bits per heavy atom. The van der Waals surface area contributed by atoms with Gasteiger partial charge < -0.3 is 10.2 Å². The van der Waals surface area contributed by atoms with E-state index < -0.39 is 0 Å². The SMILES string of the molecule is Cc1ncsc1CCN1CCCC(CNC(C)C)C1. The van der Waals surface area contributed by atoms with Crippen LogP contribution in [-0.4, -0.2) is 42.1 Å². The number of aryl methyl sites for hydroxylation is 1. The lowest BCUT2D eigenvalue weighted by Gasteiger charge is -2.33. The monoisotopic (exact) mass is 281 g/mol. The molecule has 1 aromatic rings. The normalized spacial score (nSPS) is 21.2. The first-order chi connectivity index (χ1) is 9.15. The molecular formula is C15H27N3S. The van der Waals surface area contributed by atoms with Crippen LogP contribution in [-0.2, 0) is 6.42 Å². The van der Waals surface area contributed by atoms with Gasteiger partial charge in [0.15, 0.2) is 0 Å². The Labute approximate surface area is 121 Å². The number of thiazole rings is 1. The smallest absolute Gasteiger partial charge is 0.0797 e. The third-order valence-corrected chi connectivity index (χ3v) is 4.91. The van der Waals surface area contributed by atoms with Gasteiger partial charge in [-0.25, -0.2) is 4.98 Å². The standard InChI is InChI=1S/C15H27N3S/c1-12(2)16-9-14-5-4-7-18(10-14)8-6-15-13(3)17-11-19-15/h11-12,14,16H,4-10H2,1-3H3. The lowest BCUT2D eigenvalue weighted by atomic mass is 9.97. The molecule has 108 valence electrons.